The zero-order valence-corrected chi connectivity index (χ0v) is 17.0. The predicted octanol–water partition coefficient (Wildman–Crippen LogP) is 3.78. The first-order valence-electron chi connectivity index (χ1n) is 8.18. The number of benzene rings is 1. The average molecular weight is 445 g/mol. The standard InChI is InChI=1S/C18H27N3O2.HI/c1-14(2)13-22-10-6-9-20-18(19-3)21-12-16-11-15-7-4-5-8-17(15)23-16;/h4-5,7-8,11,14H,6,9-10,12-13H2,1-3H3,(H2,19,20,21);1H. The third-order valence-corrected chi connectivity index (χ3v) is 3.34. The van der Waals surface area contributed by atoms with Crippen LogP contribution in [0.5, 0.6) is 0 Å². The van der Waals surface area contributed by atoms with Gasteiger partial charge in [0.2, 0.25) is 0 Å². The highest BCUT2D eigenvalue weighted by molar-refractivity contribution is 14.0. The topological polar surface area (TPSA) is 58.8 Å². The maximum atomic E-state index is 5.78. The molecule has 1 heterocycles. The van der Waals surface area contributed by atoms with Gasteiger partial charge in [0.05, 0.1) is 6.54 Å². The molecular weight excluding hydrogens is 417 g/mol. The number of aliphatic imine (C=N–C) groups is 1. The second-order valence-electron chi connectivity index (χ2n) is 5.93. The van der Waals surface area contributed by atoms with E-state index < -0.39 is 0 Å². The Bertz CT molecular complexity index is 593. The lowest BCUT2D eigenvalue weighted by Gasteiger charge is -2.11. The predicted molar refractivity (Wildman–Crippen MR) is 110 cm³/mol. The molecule has 0 radical (unpaired) electrons. The average Bonchev–Trinajstić information content (AvgIpc) is 2.96. The van der Waals surface area contributed by atoms with Crippen LogP contribution in [0.15, 0.2) is 39.7 Å². The van der Waals surface area contributed by atoms with Crippen molar-refractivity contribution in [3.05, 3.63) is 36.1 Å². The second-order valence-corrected chi connectivity index (χ2v) is 5.93. The van der Waals surface area contributed by atoms with Crippen molar-refractivity contribution in [1.29, 1.82) is 0 Å². The van der Waals surface area contributed by atoms with Gasteiger partial charge in [-0.1, -0.05) is 32.0 Å². The van der Waals surface area contributed by atoms with Crippen molar-refractivity contribution in [2.24, 2.45) is 10.9 Å². The molecule has 5 nitrogen and oxygen atoms in total. The van der Waals surface area contributed by atoms with Gasteiger partial charge < -0.3 is 19.8 Å². The third kappa shape index (κ3) is 7.09. The molecule has 0 aliphatic heterocycles. The fraction of sp³-hybridized carbons (Fsp3) is 0.500. The summed E-state index contributed by atoms with van der Waals surface area (Å²) in [6, 6.07) is 10.1. The minimum atomic E-state index is 0. The van der Waals surface area contributed by atoms with Crippen LogP contribution in [0.1, 0.15) is 26.0 Å². The molecule has 24 heavy (non-hydrogen) atoms. The van der Waals surface area contributed by atoms with Crippen molar-refractivity contribution in [1.82, 2.24) is 10.6 Å². The van der Waals surface area contributed by atoms with Gasteiger partial charge in [-0.25, -0.2) is 0 Å². The van der Waals surface area contributed by atoms with E-state index in [9.17, 15) is 0 Å². The Hall–Kier alpha value is -1.28. The number of halogens is 1. The van der Waals surface area contributed by atoms with E-state index in [-0.39, 0.29) is 24.0 Å². The van der Waals surface area contributed by atoms with E-state index in [2.05, 4.69) is 35.5 Å². The molecule has 0 unspecified atom stereocenters. The molecule has 0 amide bonds. The molecule has 134 valence electrons. The lowest BCUT2D eigenvalue weighted by molar-refractivity contribution is 0.108. The molecule has 2 N–H and O–H groups in total. The van der Waals surface area contributed by atoms with Gasteiger partial charge in [0.25, 0.3) is 0 Å². The van der Waals surface area contributed by atoms with E-state index in [1.54, 1.807) is 7.05 Å². The van der Waals surface area contributed by atoms with Gasteiger partial charge in [0.15, 0.2) is 5.96 Å². The molecule has 2 aromatic rings. The van der Waals surface area contributed by atoms with Crippen LogP contribution in [-0.4, -0.2) is 32.8 Å². The fourth-order valence-corrected chi connectivity index (χ4v) is 2.22. The number of hydrogen-bond donors (Lipinski definition) is 2. The van der Waals surface area contributed by atoms with Gasteiger partial charge in [0, 0.05) is 32.2 Å². The van der Waals surface area contributed by atoms with Gasteiger partial charge in [-0.05, 0) is 24.5 Å². The summed E-state index contributed by atoms with van der Waals surface area (Å²) in [7, 11) is 1.77. The smallest absolute Gasteiger partial charge is 0.191 e. The van der Waals surface area contributed by atoms with Gasteiger partial charge in [-0.15, -0.1) is 24.0 Å². The van der Waals surface area contributed by atoms with Crippen molar-refractivity contribution in [3.8, 4) is 0 Å². The molecule has 0 aliphatic carbocycles. The Labute approximate surface area is 161 Å². The fourth-order valence-electron chi connectivity index (χ4n) is 2.22. The van der Waals surface area contributed by atoms with E-state index in [1.807, 2.05) is 24.3 Å². The van der Waals surface area contributed by atoms with Crippen LogP contribution in [-0.2, 0) is 11.3 Å². The van der Waals surface area contributed by atoms with Crippen LogP contribution in [0.25, 0.3) is 11.0 Å². The molecule has 6 heteroatoms. The summed E-state index contributed by atoms with van der Waals surface area (Å²) in [6.07, 6.45) is 0.956. The number of rotatable bonds is 8. The Morgan fingerprint density at radius 2 is 2.04 bits per heavy atom. The summed E-state index contributed by atoms with van der Waals surface area (Å²) in [5.74, 6) is 2.25. The molecule has 0 spiro atoms. The summed E-state index contributed by atoms with van der Waals surface area (Å²) < 4.78 is 11.3. The highest BCUT2D eigenvalue weighted by Gasteiger charge is 2.04. The summed E-state index contributed by atoms with van der Waals surface area (Å²) in [5.41, 5.74) is 0.912. The van der Waals surface area contributed by atoms with E-state index in [4.69, 9.17) is 9.15 Å². The number of ether oxygens (including phenoxy) is 1. The molecule has 0 atom stereocenters. The van der Waals surface area contributed by atoms with Gasteiger partial charge in [-0.2, -0.15) is 0 Å². The molecule has 1 aromatic carbocycles. The first-order valence-corrected chi connectivity index (χ1v) is 8.18. The first kappa shape index (κ1) is 20.8. The molecule has 0 aliphatic rings. The normalized spacial score (nSPS) is 11.6. The molecule has 0 saturated heterocycles. The second kappa shape index (κ2) is 11.3. The molecule has 0 saturated carbocycles. The molecule has 1 aromatic heterocycles. The Morgan fingerprint density at radius 1 is 1.25 bits per heavy atom. The maximum absolute atomic E-state index is 5.78. The Kier molecular flexibility index (Phi) is 9.78. The van der Waals surface area contributed by atoms with Gasteiger partial charge >= 0.3 is 0 Å². The van der Waals surface area contributed by atoms with Crippen molar-refractivity contribution >= 4 is 40.9 Å². The van der Waals surface area contributed by atoms with Crippen LogP contribution in [0.4, 0.5) is 0 Å². The van der Waals surface area contributed by atoms with Crippen LogP contribution in [0, 0.1) is 5.92 Å². The maximum Gasteiger partial charge on any atom is 0.191 e. The lowest BCUT2D eigenvalue weighted by Crippen LogP contribution is -2.37. The zero-order chi connectivity index (χ0) is 16.5. The third-order valence-electron chi connectivity index (χ3n) is 3.34. The number of guanidine groups is 1. The molecule has 0 fully saturated rings. The summed E-state index contributed by atoms with van der Waals surface area (Å²) >= 11 is 0. The molecule has 0 bridgehead atoms. The summed E-state index contributed by atoms with van der Waals surface area (Å²) in [5, 5.41) is 7.66. The number of furan rings is 1. The van der Waals surface area contributed by atoms with Crippen LogP contribution in [0.2, 0.25) is 0 Å². The Balaban J connectivity index is 0.00000288. The number of nitrogens with one attached hydrogen (secondary N) is 2. The first-order chi connectivity index (χ1) is 11.2. The van der Waals surface area contributed by atoms with Crippen LogP contribution < -0.4 is 10.6 Å². The van der Waals surface area contributed by atoms with Crippen molar-refractivity contribution in [2.45, 2.75) is 26.8 Å². The van der Waals surface area contributed by atoms with Gasteiger partial charge in [0.1, 0.15) is 11.3 Å². The van der Waals surface area contributed by atoms with Crippen LogP contribution >= 0.6 is 24.0 Å². The van der Waals surface area contributed by atoms with Crippen LogP contribution in [0.3, 0.4) is 0 Å². The van der Waals surface area contributed by atoms with Crippen molar-refractivity contribution in [2.75, 3.05) is 26.8 Å². The number of para-hydroxylation sites is 1. The lowest BCUT2D eigenvalue weighted by atomic mass is 10.2. The van der Waals surface area contributed by atoms with E-state index in [1.165, 1.54) is 0 Å². The largest absolute Gasteiger partial charge is 0.459 e. The number of fused-ring (bicyclic) bond motifs is 1. The number of hydrogen-bond acceptors (Lipinski definition) is 3. The Morgan fingerprint density at radius 3 is 2.75 bits per heavy atom. The molecular formula is C18H28IN3O2. The summed E-state index contributed by atoms with van der Waals surface area (Å²) in [4.78, 5) is 4.22. The quantitative estimate of drug-likeness (QED) is 0.281. The van der Waals surface area contributed by atoms with Gasteiger partial charge in [-0.3, -0.25) is 4.99 Å². The van der Waals surface area contributed by atoms with E-state index >= 15 is 0 Å². The highest BCUT2D eigenvalue weighted by atomic mass is 127. The van der Waals surface area contributed by atoms with E-state index in [0.29, 0.717) is 12.5 Å². The highest BCUT2D eigenvalue weighted by Crippen LogP contribution is 2.18. The van der Waals surface area contributed by atoms with Crippen molar-refractivity contribution in [3.63, 3.8) is 0 Å². The summed E-state index contributed by atoms with van der Waals surface area (Å²) in [6.45, 7) is 7.34. The monoisotopic (exact) mass is 445 g/mol. The minimum Gasteiger partial charge on any atom is -0.459 e. The zero-order valence-electron chi connectivity index (χ0n) is 14.7. The minimum absolute atomic E-state index is 0. The molecule has 2 rings (SSSR count). The van der Waals surface area contributed by atoms with E-state index in [0.717, 1.165) is 48.9 Å². The SMILES string of the molecule is CN=C(NCCCOCC(C)C)NCc1cc2ccccc2o1.I. The van der Waals surface area contributed by atoms with Crippen molar-refractivity contribution < 1.29 is 9.15 Å². The number of nitrogens with zero attached hydrogens (tertiary/aromatic N) is 1.